The average molecular weight is 546 g/mol. The van der Waals surface area contributed by atoms with Gasteiger partial charge in [-0.2, -0.15) is 0 Å². The van der Waals surface area contributed by atoms with Crippen LogP contribution in [0.3, 0.4) is 0 Å². The summed E-state index contributed by atoms with van der Waals surface area (Å²) in [6, 6.07) is 0. The van der Waals surface area contributed by atoms with Gasteiger partial charge >= 0.3 is 29.8 Å². The average Bonchev–Trinajstić information content (AvgIpc) is 3.07. The van der Waals surface area contributed by atoms with E-state index in [2.05, 4.69) is 0 Å². The molecule has 0 aromatic heterocycles. The smallest absolute Gasteiger partial charge is 0.378 e. The number of cyclic esters (lactones) is 1. The first-order valence-corrected chi connectivity index (χ1v) is 11.3. The highest BCUT2D eigenvalue weighted by Crippen LogP contribution is 2.35. The van der Waals surface area contributed by atoms with Gasteiger partial charge in [-0.25, -0.2) is 4.79 Å². The standard InChI is InChI=1S/C23H30O15/c1-8(2)14(28)15(29)18-19(16(30)22(31)37-18)38-23-21(35-12(6)27)20(34-11(5)26)17(33-10(4)25)13(36-23)7-32-9(3)24/h13,15,17-18,20-21,23,28-30H,7H2,1-6H3/t13-,15+,17-,18-,20+,21-,23?/m1/s1. The van der Waals surface area contributed by atoms with E-state index in [0.29, 0.717) is 0 Å². The lowest BCUT2D eigenvalue weighted by Gasteiger charge is -2.44. The molecule has 7 atom stereocenters. The van der Waals surface area contributed by atoms with Crippen LogP contribution in [0.25, 0.3) is 0 Å². The van der Waals surface area contributed by atoms with Crippen LogP contribution in [0.5, 0.6) is 0 Å². The third kappa shape index (κ3) is 7.35. The number of allylic oxidation sites excluding steroid dienone is 1. The summed E-state index contributed by atoms with van der Waals surface area (Å²) in [5.74, 6) is -7.09. The molecule has 38 heavy (non-hydrogen) atoms. The van der Waals surface area contributed by atoms with E-state index in [0.717, 1.165) is 27.7 Å². The summed E-state index contributed by atoms with van der Waals surface area (Å²) in [5, 5.41) is 31.0. The Balaban J connectivity index is 2.57. The number of aliphatic hydroxyl groups is 3. The number of carbonyl (C=O) groups is 5. The Hall–Kier alpha value is -3.85. The van der Waals surface area contributed by atoms with E-state index in [4.69, 9.17) is 33.2 Å². The number of carbonyl (C=O) groups excluding carboxylic acids is 5. The van der Waals surface area contributed by atoms with Gasteiger partial charge in [0.15, 0.2) is 30.2 Å². The predicted octanol–water partition coefficient (Wildman–Crippen LogP) is -0.00610. The van der Waals surface area contributed by atoms with E-state index in [1.54, 1.807) is 0 Å². The van der Waals surface area contributed by atoms with Crippen molar-refractivity contribution in [3.63, 3.8) is 0 Å². The van der Waals surface area contributed by atoms with Gasteiger partial charge in [0.05, 0.1) is 0 Å². The Morgan fingerprint density at radius 2 is 1.39 bits per heavy atom. The molecule has 15 heteroatoms. The predicted molar refractivity (Wildman–Crippen MR) is 120 cm³/mol. The largest absolute Gasteiger partial charge is 0.509 e. The molecule has 2 rings (SSSR count). The Morgan fingerprint density at radius 1 is 0.868 bits per heavy atom. The maximum Gasteiger partial charge on any atom is 0.378 e. The minimum Gasteiger partial charge on any atom is -0.509 e. The van der Waals surface area contributed by atoms with Crippen molar-refractivity contribution in [1.82, 2.24) is 0 Å². The molecule has 15 nitrogen and oxygen atoms in total. The molecule has 1 saturated heterocycles. The van der Waals surface area contributed by atoms with Gasteiger partial charge in [-0.05, 0) is 19.4 Å². The van der Waals surface area contributed by atoms with Crippen molar-refractivity contribution in [3.05, 3.63) is 22.9 Å². The molecule has 0 bridgehead atoms. The molecule has 0 aromatic carbocycles. The second kappa shape index (κ2) is 12.6. The fourth-order valence-corrected chi connectivity index (χ4v) is 3.64. The first kappa shape index (κ1) is 30.4. The van der Waals surface area contributed by atoms with Gasteiger partial charge in [0.2, 0.25) is 18.2 Å². The number of hydrogen-bond donors (Lipinski definition) is 3. The quantitative estimate of drug-likeness (QED) is 0.197. The van der Waals surface area contributed by atoms with Gasteiger partial charge in [-0.3, -0.25) is 19.2 Å². The summed E-state index contributed by atoms with van der Waals surface area (Å²) in [7, 11) is 0. The zero-order valence-corrected chi connectivity index (χ0v) is 21.5. The van der Waals surface area contributed by atoms with Crippen molar-refractivity contribution in [1.29, 1.82) is 0 Å². The van der Waals surface area contributed by atoms with Gasteiger partial charge in [-0.1, -0.05) is 0 Å². The molecule has 2 aliphatic heterocycles. The van der Waals surface area contributed by atoms with Gasteiger partial charge in [0, 0.05) is 27.7 Å². The number of rotatable bonds is 9. The molecular weight excluding hydrogens is 516 g/mol. The molecule has 0 spiro atoms. The number of hydrogen-bond acceptors (Lipinski definition) is 15. The van der Waals surface area contributed by atoms with Crippen LogP contribution in [0.1, 0.15) is 41.5 Å². The zero-order valence-electron chi connectivity index (χ0n) is 21.5. The van der Waals surface area contributed by atoms with Gasteiger partial charge < -0.3 is 48.5 Å². The van der Waals surface area contributed by atoms with E-state index in [1.807, 2.05) is 0 Å². The third-order valence-electron chi connectivity index (χ3n) is 5.19. The number of ether oxygens (including phenoxy) is 7. The van der Waals surface area contributed by atoms with E-state index < -0.39 is 96.6 Å². The van der Waals surface area contributed by atoms with Crippen molar-refractivity contribution in [3.8, 4) is 0 Å². The lowest BCUT2D eigenvalue weighted by molar-refractivity contribution is -0.302. The first-order chi connectivity index (χ1) is 17.6. The maximum atomic E-state index is 12.1. The Bertz CT molecular complexity index is 1020. The highest BCUT2D eigenvalue weighted by Gasteiger charge is 2.55. The second-order valence-corrected chi connectivity index (χ2v) is 8.55. The normalized spacial score (nSPS) is 27.5. The fourth-order valence-electron chi connectivity index (χ4n) is 3.64. The summed E-state index contributed by atoms with van der Waals surface area (Å²) < 4.78 is 37.0. The van der Waals surface area contributed by atoms with Crippen molar-refractivity contribution >= 4 is 29.8 Å². The Labute approximate surface area is 216 Å². The van der Waals surface area contributed by atoms with Crippen molar-refractivity contribution in [2.75, 3.05) is 6.61 Å². The number of esters is 5. The maximum absolute atomic E-state index is 12.1. The van der Waals surface area contributed by atoms with Crippen LogP contribution in [-0.2, 0) is 57.1 Å². The monoisotopic (exact) mass is 546 g/mol. The molecule has 0 aromatic rings. The Morgan fingerprint density at radius 3 is 1.89 bits per heavy atom. The number of aliphatic hydroxyl groups excluding tert-OH is 3. The van der Waals surface area contributed by atoms with Crippen LogP contribution in [0, 0.1) is 0 Å². The lowest BCUT2D eigenvalue weighted by atomic mass is 9.98. The summed E-state index contributed by atoms with van der Waals surface area (Å²) in [6.45, 7) is 6.53. The minimum absolute atomic E-state index is 0.256. The van der Waals surface area contributed by atoms with Crippen molar-refractivity contribution in [2.24, 2.45) is 0 Å². The highest BCUT2D eigenvalue weighted by molar-refractivity contribution is 5.89. The molecule has 2 heterocycles. The van der Waals surface area contributed by atoms with E-state index in [9.17, 15) is 39.3 Å². The molecule has 1 unspecified atom stereocenters. The summed E-state index contributed by atoms with van der Waals surface area (Å²) in [4.78, 5) is 59.2. The molecular formula is C23H30O15. The molecule has 2 aliphatic rings. The lowest BCUT2D eigenvalue weighted by Crippen LogP contribution is -2.63. The Kier molecular flexibility index (Phi) is 10.1. The molecule has 212 valence electrons. The van der Waals surface area contributed by atoms with Crippen molar-refractivity contribution in [2.45, 2.75) is 84.5 Å². The fraction of sp³-hybridized carbons (Fsp3) is 0.609. The van der Waals surface area contributed by atoms with Crippen LogP contribution in [0.4, 0.5) is 0 Å². The molecule has 3 N–H and O–H groups in total. The van der Waals surface area contributed by atoms with E-state index >= 15 is 0 Å². The molecule has 0 amide bonds. The minimum atomic E-state index is -1.88. The van der Waals surface area contributed by atoms with Gasteiger partial charge in [0.1, 0.15) is 18.5 Å². The second-order valence-electron chi connectivity index (χ2n) is 8.55. The zero-order chi connectivity index (χ0) is 28.9. The topological polar surface area (TPSA) is 211 Å². The van der Waals surface area contributed by atoms with E-state index in [-0.39, 0.29) is 5.57 Å². The van der Waals surface area contributed by atoms with E-state index in [1.165, 1.54) is 13.8 Å². The highest BCUT2D eigenvalue weighted by atomic mass is 16.7. The molecule has 0 radical (unpaired) electrons. The summed E-state index contributed by atoms with van der Waals surface area (Å²) in [6.07, 6.45) is -11.6. The molecule has 0 aliphatic carbocycles. The van der Waals surface area contributed by atoms with Crippen molar-refractivity contribution < 1.29 is 72.5 Å². The van der Waals surface area contributed by atoms with Crippen LogP contribution < -0.4 is 0 Å². The van der Waals surface area contributed by atoms with Gasteiger partial charge in [-0.15, -0.1) is 0 Å². The van der Waals surface area contributed by atoms with Crippen LogP contribution in [0.15, 0.2) is 22.9 Å². The molecule has 1 fully saturated rings. The first-order valence-electron chi connectivity index (χ1n) is 11.3. The van der Waals surface area contributed by atoms with Gasteiger partial charge in [0.25, 0.3) is 0 Å². The summed E-state index contributed by atoms with van der Waals surface area (Å²) >= 11 is 0. The van der Waals surface area contributed by atoms with Crippen LogP contribution in [-0.4, -0.2) is 94.7 Å². The summed E-state index contributed by atoms with van der Waals surface area (Å²) in [5.41, 5.74) is 0.256. The molecule has 0 saturated carbocycles. The third-order valence-corrected chi connectivity index (χ3v) is 5.19. The van der Waals surface area contributed by atoms with Crippen LogP contribution in [0.2, 0.25) is 0 Å². The SMILES string of the molecule is CC(=O)OC[C@H]1OC(OC2=C(O)C(=O)O[C@@H]2[C@@H](O)C(O)=C(C)C)[C@H](OC(C)=O)[C@@H](OC(C)=O)[C@@H]1OC(C)=O. The van der Waals surface area contributed by atoms with Crippen LogP contribution >= 0.6 is 0 Å².